The zero-order valence-corrected chi connectivity index (χ0v) is 14.5. The summed E-state index contributed by atoms with van der Waals surface area (Å²) in [6.45, 7) is 4.26. The molecule has 24 heavy (non-hydrogen) atoms. The van der Waals surface area contributed by atoms with Crippen LogP contribution in [0.3, 0.4) is 0 Å². The van der Waals surface area contributed by atoms with E-state index in [-0.39, 0.29) is 0 Å². The van der Waals surface area contributed by atoms with Gasteiger partial charge in [0, 0.05) is 24.8 Å². The summed E-state index contributed by atoms with van der Waals surface area (Å²) in [7, 11) is 0. The maximum Gasteiger partial charge on any atom is 0.191 e. The molecule has 3 rings (SSSR count). The smallest absolute Gasteiger partial charge is 0.191 e. The Balaban J connectivity index is 1.62. The van der Waals surface area contributed by atoms with Crippen LogP contribution in [0.5, 0.6) is 0 Å². The Bertz CT molecular complexity index is 762. The molecular weight excluding hydrogens is 318 g/mol. The highest BCUT2D eigenvalue weighted by Crippen LogP contribution is 2.08. The normalized spacial score (nSPS) is 11.5. The summed E-state index contributed by atoms with van der Waals surface area (Å²) < 4.78 is 1.87. The van der Waals surface area contributed by atoms with Gasteiger partial charge in [-0.15, -0.1) is 0 Å². The van der Waals surface area contributed by atoms with Crippen LogP contribution in [0.2, 0.25) is 0 Å². The molecule has 3 aromatic rings. The molecule has 124 valence electrons. The third-order valence-corrected chi connectivity index (χ3v) is 4.19. The van der Waals surface area contributed by atoms with Crippen LogP contribution in [0.25, 0.3) is 5.69 Å². The Morgan fingerprint density at radius 3 is 2.79 bits per heavy atom. The van der Waals surface area contributed by atoms with Crippen molar-refractivity contribution >= 4 is 17.3 Å². The Kier molecular flexibility index (Phi) is 5.63. The van der Waals surface area contributed by atoms with E-state index in [4.69, 9.17) is 0 Å². The fourth-order valence-electron chi connectivity index (χ4n) is 2.25. The fourth-order valence-corrected chi connectivity index (χ4v) is 2.92. The molecule has 0 saturated heterocycles. The molecular formula is C18H21N5S. The van der Waals surface area contributed by atoms with Crippen molar-refractivity contribution in [2.75, 3.05) is 6.54 Å². The van der Waals surface area contributed by atoms with Crippen molar-refractivity contribution < 1.29 is 0 Å². The van der Waals surface area contributed by atoms with Gasteiger partial charge in [0.05, 0.1) is 18.4 Å². The van der Waals surface area contributed by atoms with Gasteiger partial charge < -0.3 is 10.6 Å². The third-order valence-electron chi connectivity index (χ3n) is 3.46. The van der Waals surface area contributed by atoms with Crippen LogP contribution in [0, 0.1) is 0 Å². The molecule has 1 aromatic carbocycles. The Labute approximate surface area is 146 Å². The lowest BCUT2D eigenvalue weighted by molar-refractivity contribution is 0.817. The van der Waals surface area contributed by atoms with Crippen LogP contribution in [-0.2, 0) is 13.1 Å². The van der Waals surface area contributed by atoms with Crippen LogP contribution in [-0.4, -0.2) is 22.3 Å². The van der Waals surface area contributed by atoms with Gasteiger partial charge in [-0.05, 0) is 41.4 Å². The number of aliphatic imine (C=N–C) groups is 1. The molecule has 0 radical (unpaired) electrons. The van der Waals surface area contributed by atoms with Gasteiger partial charge in [-0.1, -0.05) is 18.2 Å². The summed E-state index contributed by atoms with van der Waals surface area (Å²) in [5.74, 6) is 0.816. The zero-order chi connectivity index (χ0) is 16.6. The van der Waals surface area contributed by atoms with Gasteiger partial charge in [-0.25, -0.2) is 9.67 Å². The molecule has 0 aliphatic rings. The quantitative estimate of drug-likeness (QED) is 0.536. The number of nitrogens with one attached hydrogen (secondary N) is 2. The van der Waals surface area contributed by atoms with Crippen LogP contribution in [0.1, 0.15) is 18.1 Å². The lowest BCUT2D eigenvalue weighted by Gasteiger charge is -2.10. The second-order valence-electron chi connectivity index (χ2n) is 5.31. The molecule has 0 saturated carbocycles. The first-order valence-electron chi connectivity index (χ1n) is 7.97. The van der Waals surface area contributed by atoms with Gasteiger partial charge in [0.1, 0.15) is 0 Å². The van der Waals surface area contributed by atoms with E-state index in [0.717, 1.165) is 30.3 Å². The second kappa shape index (κ2) is 8.31. The Hall–Kier alpha value is -2.60. The minimum absolute atomic E-state index is 0.589. The average molecular weight is 339 g/mol. The van der Waals surface area contributed by atoms with E-state index >= 15 is 0 Å². The maximum absolute atomic E-state index is 4.63. The fraction of sp³-hybridized carbons (Fsp3) is 0.222. The summed E-state index contributed by atoms with van der Waals surface area (Å²) in [6, 6.07) is 12.2. The van der Waals surface area contributed by atoms with E-state index in [2.05, 4.69) is 44.5 Å². The van der Waals surface area contributed by atoms with Gasteiger partial charge in [-0.3, -0.25) is 0 Å². The highest BCUT2D eigenvalue weighted by atomic mass is 32.1. The molecule has 5 nitrogen and oxygen atoms in total. The minimum Gasteiger partial charge on any atom is -0.357 e. The van der Waals surface area contributed by atoms with Gasteiger partial charge in [0.2, 0.25) is 0 Å². The number of para-hydroxylation sites is 1. The molecule has 2 heterocycles. The summed E-state index contributed by atoms with van der Waals surface area (Å²) in [6.07, 6.45) is 3.88. The minimum atomic E-state index is 0.589. The zero-order valence-electron chi connectivity index (χ0n) is 13.6. The second-order valence-corrected chi connectivity index (χ2v) is 6.09. The van der Waals surface area contributed by atoms with Crippen molar-refractivity contribution in [3.8, 4) is 5.69 Å². The number of nitrogens with zero attached hydrogens (tertiary/aromatic N) is 3. The summed E-state index contributed by atoms with van der Waals surface area (Å²) >= 11 is 1.70. The molecule has 0 atom stereocenters. The Morgan fingerprint density at radius 2 is 2.04 bits per heavy atom. The van der Waals surface area contributed by atoms with E-state index in [1.54, 1.807) is 11.3 Å². The summed E-state index contributed by atoms with van der Waals surface area (Å²) in [4.78, 5) is 4.63. The molecule has 2 aromatic heterocycles. The van der Waals surface area contributed by atoms with E-state index in [1.165, 1.54) is 5.56 Å². The van der Waals surface area contributed by atoms with Gasteiger partial charge >= 0.3 is 0 Å². The molecule has 2 N–H and O–H groups in total. The number of hydrogen-bond donors (Lipinski definition) is 2. The molecule has 6 heteroatoms. The molecule has 0 aliphatic heterocycles. The van der Waals surface area contributed by atoms with Crippen molar-refractivity contribution in [2.24, 2.45) is 4.99 Å². The molecule has 0 unspecified atom stereocenters. The number of guanidine groups is 1. The van der Waals surface area contributed by atoms with E-state index < -0.39 is 0 Å². The monoisotopic (exact) mass is 339 g/mol. The first-order chi connectivity index (χ1) is 11.8. The average Bonchev–Trinajstić information content (AvgIpc) is 3.30. The molecule has 0 fully saturated rings. The van der Waals surface area contributed by atoms with Crippen molar-refractivity contribution in [3.63, 3.8) is 0 Å². The van der Waals surface area contributed by atoms with Crippen molar-refractivity contribution in [3.05, 3.63) is 70.7 Å². The third kappa shape index (κ3) is 4.45. The predicted octanol–water partition coefficient (Wildman–Crippen LogP) is 3.19. The summed E-state index contributed by atoms with van der Waals surface area (Å²) in [5.41, 5.74) is 3.39. The summed E-state index contributed by atoms with van der Waals surface area (Å²) in [5, 5.41) is 15.2. The number of rotatable bonds is 6. The molecule has 0 bridgehead atoms. The standard InChI is InChI=1S/C18H21N5S/c1-2-19-18(20-10-15-8-9-24-14-15)21-11-16-12-22-23(13-16)17-6-4-3-5-7-17/h3-9,12-14H,2,10-11H2,1H3,(H2,19,20,21). The highest BCUT2D eigenvalue weighted by molar-refractivity contribution is 7.07. The van der Waals surface area contributed by atoms with E-state index in [1.807, 2.05) is 47.4 Å². The Morgan fingerprint density at radius 1 is 1.17 bits per heavy atom. The van der Waals surface area contributed by atoms with Crippen molar-refractivity contribution in [1.29, 1.82) is 0 Å². The van der Waals surface area contributed by atoms with Crippen molar-refractivity contribution in [2.45, 2.75) is 20.0 Å². The lowest BCUT2D eigenvalue weighted by atomic mass is 10.3. The van der Waals surface area contributed by atoms with Gasteiger partial charge in [-0.2, -0.15) is 16.4 Å². The van der Waals surface area contributed by atoms with Crippen molar-refractivity contribution in [1.82, 2.24) is 20.4 Å². The largest absolute Gasteiger partial charge is 0.357 e. The van der Waals surface area contributed by atoms with E-state index in [0.29, 0.717) is 6.54 Å². The van der Waals surface area contributed by atoms with Gasteiger partial charge in [0.15, 0.2) is 5.96 Å². The highest BCUT2D eigenvalue weighted by Gasteiger charge is 2.02. The lowest BCUT2D eigenvalue weighted by Crippen LogP contribution is -2.36. The molecule has 0 spiro atoms. The number of thiophene rings is 1. The van der Waals surface area contributed by atoms with Crippen LogP contribution >= 0.6 is 11.3 Å². The first-order valence-corrected chi connectivity index (χ1v) is 8.91. The SMILES string of the molecule is CCNC(=NCc1cnn(-c2ccccc2)c1)NCc1ccsc1. The van der Waals surface area contributed by atoms with Crippen LogP contribution < -0.4 is 10.6 Å². The predicted molar refractivity (Wildman–Crippen MR) is 99.5 cm³/mol. The van der Waals surface area contributed by atoms with Gasteiger partial charge in [0.25, 0.3) is 0 Å². The number of hydrogen-bond acceptors (Lipinski definition) is 3. The molecule has 0 amide bonds. The van der Waals surface area contributed by atoms with Crippen LogP contribution in [0.4, 0.5) is 0 Å². The molecule has 0 aliphatic carbocycles. The first kappa shape index (κ1) is 16.3. The topological polar surface area (TPSA) is 54.2 Å². The van der Waals surface area contributed by atoms with E-state index in [9.17, 15) is 0 Å². The maximum atomic E-state index is 4.63. The number of aromatic nitrogens is 2. The number of benzene rings is 1. The van der Waals surface area contributed by atoms with Crippen LogP contribution in [0.15, 0.2) is 64.5 Å².